The van der Waals surface area contributed by atoms with Crippen LogP contribution in [0.1, 0.15) is 68.9 Å². The summed E-state index contributed by atoms with van der Waals surface area (Å²) in [5, 5.41) is 39.0. The number of benzene rings is 1. The Kier molecular flexibility index (Phi) is 12.4. The largest absolute Gasteiger partial charge is 0.389 e. The van der Waals surface area contributed by atoms with Crippen molar-refractivity contribution in [3.63, 3.8) is 0 Å². The van der Waals surface area contributed by atoms with Gasteiger partial charge in [0.2, 0.25) is 5.82 Å². The normalized spacial score (nSPS) is 14.0. The zero-order chi connectivity index (χ0) is 27.1. The van der Waals surface area contributed by atoms with Gasteiger partial charge in [-0.25, -0.2) is 0 Å². The highest BCUT2D eigenvalue weighted by molar-refractivity contribution is 8.00. The highest BCUT2D eigenvalue weighted by atomic mass is 32.2. The number of aromatic nitrogens is 8. The van der Waals surface area contributed by atoms with Gasteiger partial charge < -0.3 is 5.11 Å². The van der Waals surface area contributed by atoms with E-state index in [-0.39, 0.29) is 11.7 Å². The summed E-state index contributed by atoms with van der Waals surface area (Å²) >= 11 is 1.60. The van der Waals surface area contributed by atoms with E-state index in [4.69, 9.17) is 0 Å². The monoisotopic (exact) mass is 550 g/mol. The van der Waals surface area contributed by atoms with Crippen LogP contribution in [-0.2, 0) is 6.42 Å². The molecule has 0 aliphatic rings. The minimum Gasteiger partial charge on any atom is -0.387 e. The van der Waals surface area contributed by atoms with E-state index >= 15 is 0 Å². The highest BCUT2D eigenvalue weighted by Crippen LogP contribution is 2.30. The second-order valence-corrected chi connectivity index (χ2v) is 10.1. The van der Waals surface area contributed by atoms with E-state index in [1.54, 1.807) is 11.8 Å². The summed E-state index contributed by atoms with van der Waals surface area (Å²) in [5.74, 6) is 1.78. The first-order valence-electron chi connectivity index (χ1n) is 12.7. The van der Waals surface area contributed by atoms with Crippen molar-refractivity contribution in [2.24, 2.45) is 0 Å². The van der Waals surface area contributed by atoms with Gasteiger partial charge in [0.25, 0.3) is 0 Å². The summed E-state index contributed by atoms with van der Waals surface area (Å²) in [7, 11) is 0. The van der Waals surface area contributed by atoms with Crippen molar-refractivity contribution in [3.8, 4) is 11.4 Å². The Morgan fingerprint density at radius 2 is 1.71 bits per heavy atom. The molecule has 2 heterocycles. The minimum atomic E-state index is -4.04. The SMILES string of the molecule is OC(c1cccc(-c2nn[nH]n2)c1)C(/C=C/C=C\CCCCCCCCC(F)(F)F)SCCc1nn[nH]n1. The van der Waals surface area contributed by atoms with Gasteiger partial charge in [-0.3, -0.25) is 0 Å². The minimum absolute atomic E-state index is 0.218. The van der Waals surface area contributed by atoms with Crippen molar-refractivity contribution in [2.75, 3.05) is 5.75 Å². The fourth-order valence-corrected chi connectivity index (χ4v) is 4.92. The molecule has 2 aromatic heterocycles. The van der Waals surface area contributed by atoms with E-state index in [1.807, 2.05) is 42.5 Å². The van der Waals surface area contributed by atoms with Crippen LogP contribution in [0.2, 0.25) is 0 Å². The van der Waals surface area contributed by atoms with Crippen LogP contribution in [0.15, 0.2) is 48.6 Å². The molecule has 13 heteroatoms. The molecule has 2 unspecified atom stereocenters. The summed E-state index contributed by atoms with van der Waals surface area (Å²) in [6.45, 7) is 0. The fraction of sp³-hybridized carbons (Fsp3) is 0.520. The molecule has 0 fully saturated rings. The number of rotatable bonds is 17. The molecular formula is C25H33F3N8OS. The molecule has 38 heavy (non-hydrogen) atoms. The van der Waals surface area contributed by atoms with Crippen LogP contribution in [-0.4, -0.2) is 63.5 Å². The molecule has 3 aromatic rings. The van der Waals surface area contributed by atoms with Crippen LogP contribution in [0.4, 0.5) is 13.2 Å². The number of H-pyrrole nitrogens is 2. The molecular weight excluding hydrogens is 517 g/mol. The molecule has 0 spiro atoms. The van der Waals surface area contributed by atoms with Crippen LogP contribution in [0, 0.1) is 0 Å². The Morgan fingerprint density at radius 1 is 0.947 bits per heavy atom. The summed E-state index contributed by atoms with van der Waals surface area (Å²) < 4.78 is 36.5. The van der Waals surface area contributed by atoms with Gasteiger partial charge in [0.15, 0.2) is 5.82 Å². The number of tetrazole rings is 2. The van der Waals surface area contributed by atoms with E-state index in [0.29, 0.717) is 30.2 Å². The lowest BCUT2D eigenvalue weighted by Crippen LogP contribution is -2.14. The molecule has 0 saturated heterocycles. The van der Waals surface area contributed by atoms with Crippen LogP contribution < -0.4 is 0 Å². The van der Waals surface area contributed by atoms with E-state index < -0.39 is 18.7 Å². The maximum atomic E-state index is 12.2. The molecule has 3 N–H and O–H groups in total. The van der Waals surface area contributed by atoms with Gasteiger partial charge in [-0.2, -0.15) is 35.4 Å². The number of aromatic amines is 2. The molecule has 1 aromatic carbocycles. The number of allylic oxidation sites excluding steroid dienone is 3. The molecule has 0 aliphatic carbocycles. The van der Waals surface area contributed by atoms with Crippen molar-refractivity contribution < 1.29 is 18.3 Å². The molecule has 0 radical (unpaired) electrons. The number of unbranched alkanes of at least 4 members (excludes halogenated alkanes) is 6. The molecule has 0 amide bonds. The van der Waals surface area contributed by atoms with Gasteiger partial charge in [0.1, 0.15) is 0 Å². The lowest BCUT2D eigenvalue weighted by molar-refractivity contribution is -0.135. The number of nitrogens with one attached hydrogen (secondary N) is 2. The Morgan fingerprint density at radius 3 is 2.45 bits per heavy atom. The average Bonchev–Trinajstić information content (AvgIpc) is 3.62. The number of halogens is 3. The van der Waals surface area contributed by atoms with E-state index in [0.717, 1.165) is 43.2 Å². The first kappa shape index (κ1) is 29.5. The molecule has 9 nitrogen and oxygen atoms in total. The zero-order valence-corrected chi connectivity index (χ0v) is 21.8. The van der Waals surface area contributed by atoms with Gasteiger partial charge in [-0.15, -0.1) is 20.4 Å². The van der Waals surface area contributed by atoms with Gasteiger partial charge >= 0.3 is 6.18 Å². The van der Waals surface area contributed by atoms with Crippen LogP contribution in [0.5, 0.6) is 0 Å². The molecule has 3 rings (SSSR count). The predicted octanol–water partition coefficient (Wildman–Crippen LogP) is 5.55. The summed E-state index contributed by atoms with van der Waals surface area (Å²) in [5.41, 5.74) is 1.50. The molecule has 206 valence electrons. The number of aliphatic hydroxyl groups excluding tert-OH is 1. The number of aliphatic hydroxyl groups is 1. The smallest absolute Gasteiger partial charge is 0.387 e. The van der Waals surface area contributed by atoms with E-state index in [1.165, 1.54) is 0 Å². The van der Waals surface area contributed by atoms with Gasteiger partial charge in [-0.05, 0) is 36.1 Å². The Hall–Kier alpha value is -3.06. The van der Waals surface area contributed by atoms with Crippen molar-refractivity contribution in [2.45, 2.75) is 75.3 Å². The molecule has 0 aliphatic heterocycles. The zero-order valence-electron chi connectivity index (χ0n) is 21.0. The van der Waals surface area contributed by atoms with Gasteiger partial charge in [0, 0.05) is 24.2 Å². The van der Waals surface area contributed by atoms with Crippen molar-refractivity contribution in [3.05, 3.63) is 60.0 Å². The fourth-order valence-electron chi connectivity index (χ4n) is 3.81. The van der Waals surface area contributed by atoms with E-state index in [2.05, 4.69) is 47.3 Å². The first-order chi connectivity index (χ1) is 18.4. The van der Waals surface area contributed by atoms with Crippen molar-refractivity contribution in [1.82, 2.24) is 41.2 Å². The number of nitrogens with zero attached hydrogens (tertiary/aromatic N) is 6. The first-order valence-corrected chi connectivity index (χ1v) is 13.7. The standard InChI is InChI=1S/C25H33F3N8OS/c26-25(27,28)16-10-8-6-4-2-1-3-5-7-9-14-21(38-17-15-22-29-33-34-30-22)23(37)19-12-11-13-20(18-19)24-31-35-36-32-24/h5,7,9,11-14,18,21,23,37H,1-4,6,8,10,15-17H2,(H,29,30,33,34)(H,31,32,35,36)/b7-5-,14-9+. The second kappa shape index (κ2) is 16.0. The third kappa shape index (κ3) is 11.1. The molecule has 0 saturated carbocycles. The third-order valence-electron chi connectivity index (χ3n) is 5.80. The maximum absolute atomic E-state index is 12.2. The topological polar surface area (TPSA) is 129 Å². The summed E-state index contributed by atoms with van der Waals surface area (Å²) in [4.78, 5) is 0. The van der Waals surface area contributed by atoms with Crippen molar-refractivity contribution in [1.29, 1.82) is 0 Å². The lowest BCUT2D eigenvalue weighted by Gasteiger charge is -2.20. The molecule has 2 atom stereocenters. The second-order valence-electron chi connectivity index (χ2n) is 8.81. The van der Waals surface area contributed by atoms with Crippen LogP contribution in [0.25, 0.3) is 11.4 Å². The number of aryl methyl sites for hydroxylation is 1. The molecule has 0 bridgehead atoms. The quantitative estimate of drug-likeness (QED) is 0.147. The lowest BCUT2D eigenvalue weighted by atomic mass is 10.0. The average molecular weight is 551 g/mol. The number of alkyl halides is 3. The Balaban J connectivity index is 1.47. The summed E-state index contributed by atoms with van der Waals surface area (Å²) in [6, 6.07) is 7.44. The summed E-state index contributed by atoms with van der Waals surface area (Å²) in [6.07, 6.45) is 8.63. The van der Waals surface area contributed by atoms with Crippen molar-refractivity contribution >= 4 is 11.8 Å². The van der Waals surface area contributed by atoms with Crippen LogP contribution in [0.3, 0.4) is 0 Å². The van der Waals surface area contributed by atoms with E-state index in [9.17, 15) is 18.3 Å². The predicted molar refractivity (Wildman–Crippen MR) is 140 cm³/mol. The Bertz CT molecular complexity index is 1090. The number of hydrogen-bond acceptors (Lipinski definition) is 8. The number of hydrogen-bond donors (Lipinski definition) is 3. The number of thioether (sulfide) groups is 1. The maximum Gasteiger partial charge on any atom is 0.389 e. The third-order valence-corrected chi connectivity index (χ3v) is 7.04. The highest BCUT2D eigenvalue weighted by Gasteiger charge is 2.25. The van der Waals surface area contributed by atoms with Gasteiger partial charge in [-0.1, -0.05) is 73.4 Å². The van der Waals surface area contributed by atoms with Gasteiger partial charge in [0.05, 0.1) is 11.4 Å². The Labute approximate surface area is 223 Å². The van der Waals surface area contributed by atoms with Crippen LogP contribution >= 0.6 is 11.8 Å².